The number of aromatic amines is 2. The Morgan fingerprint density at radius 2 is 1.44 bits per heavy atom. The predicted octanol–water partition coefficient (Wildman–Crippen LogP) is 0.757. The van der Waals surface area contributed by atoms with Gasteiger partial charge in [-0.1, -0.05) is 0 Å². The first-order chi connectivity index (χ1) is 11.3. The van der Waals surface area contributed by atoms with Crippen LogP contribution >= 0.6 is 0 Å². The summed E-state index contributed by atoms with van der Waals surface area (Å²) in [5.74, 6) is -2.18. The van der Waals surface area contributed by atoms with Gasteiger partial charge in [-0.25, -0.2) is 9.59 Å². The number of carboxylic acid groups (broad SMARTS) is 2. The molecule has 138 valence electrons. The molecule has 2 rings (SSSR count). The van der Waals surface area contributed by atoms with Crippen LogP contribution in [0.15, 0.2) is 12.1 Å². The van der Waals surface area contributed by atoms with E-state index in [-0.39, 0.29) is 11.4 Å². The molecule has 0 saturated carbocycles. The van der Waals surface area contributed by atoms with Crippen LogP contribution in [-0.2, 0) is 12.0 Å². The average Bonchev–Trinajstić information content (AvgIpc) is 3.04. The second-order valence-electron chi connectivity index (χ2n) is 6.60. The van der Waals surface area contributed by atoms with Gasteiger partial charge in [0.15, 0.2) is 11.4 Å². The van der Waals surface area contributed by atoms with Gasteiger partial charge in [-0.3, -0.25) is 10.2 Å². The fourth-order valence-electron chi connectivity index (χ4n) is 1.77. The molecule has 0 spiro atoms. The van der Waals surface area contributed by atoms with Crippen molar-refractivity contribution in [1.29, 1.82) is 0 Å². The number of rotatable bonds is 5. The summed E-state index contributed by atoms with van der Waals surface area (Å²) >= 11 is 0. The van der Waals surface area contributed by atoms with Crippen molar-refractivity contribution in [3.8, 4) is 0 Å². The van der Waals surface area contributed by atoms with Gasteiger partial charge in [-0.05, 0) is 39.8 Å². The lowest BCUT2D eigenvalue weighted by molar-refractivity contribution is 0.0679. The van der Waals surface area contributed by atoms with Crippen molar-refractivity contribution in [3.05, 3.63) is 34.9 Å². The lowest BCUT2D eigenvalue weighted by Crippen LogP contribution is -2.21. The van der Waals surface area contributed by atoms with Gasteiger partial charge < -0.3 is 20.4 Å². The van der Waals surface area contributed by atoms with Crippen LogP contribution < -0.4 is 0 Å². The third-order valence-corrected chi connectivity index (χ3v) is 2.93. The van der Waals surface area contributed by atoms with E-state index >= 15 is 0 Å². The summed E-state index contributed by atoms with van der Waals surface area (Å²) in [4.78, 5) is 20.8. The van der Waals surface area contributed by atoms with Crippen LogP contribution in [0.25, 0.3) is 0 Å². The Balaban J connectivity index is 0.000000251. The number of hydrogen-bond donors (Lipinski definition) is 6. The lowest BCUT2D eigenvalue weighted by atomic mass is 10.0. The Morgan fingerprint density at radius 1 is 0.960 bits per heavy atom. The first-order valence-electron chi connectivity index (χ1n) is 7.31. The molecule has 0 radical (unpaired) electrons. The fourth-order valence-corrected chi connectivity index (χ4v) is 1.77. The molecule has 0 fully saturated rings. The smallest absolute Gasteiger partial charge is 0.356 e. The van der Waals surface area contributed by atoms with Crippen LogP contribution in [0.4, 0.5) is 0 Å². The standard InChI is InChI=1S/C8H12N2O3.C7H10N2O3/c1-8(2,13)4-5-3-6(7(11)12)10-9-5;1-7(2,12)5-3-4(6(10)11)8-9-5/h3,13H,4H2,1-2H3,(H,9,10)(H,11,12);3,12H,1-2H3,(H,8,9)(H,10,11). The first kappa shape index (κ1) is 20.3. The molecule has 0 amide bonds. The summed E-state index contributed by atoms with van der Waals surface area (Å²) in [6, 6.07) is 2.72. The van der Waals surface area contributed by atoms with Gasteiger partial charge in [0, 0.05) is 12.1 Å². The highest BCUT2D eigenvalue weighted by Gasteiger charge is 2.20. The molecule has 2 aromatic heterocycles. The zero-order chi connectivity index (χ0) is 19.4. The molecule has 0 aliphatic heterocycles. The van der Waals surface area contributed by atoms with Crippen molar-refractivity contribution >= 4 is 11.9 Å². The molecule has 0 saturated heterocycles. The number of nitrogens with one attached hydrogen (secondary N) is 2. The summed E-state index contributed by atoms with van der Waals surface area (Å²) in [5.41, 5.74) is -1.06. The van der Waals surface area contributed by atoms with Crippen LogP contribution in [0, 0.1) is 0 Å². The minimum absolute atomic E-state index is 0.0285. The minimum Gasteiger partial charge on any atom is -0.476 e. The highest BCUT2D eigenvalue weighted by atomic mass is 16.4. The largest absolute Gasteiger partial charge is 0.476 e. The number of H-pyrrole nitrogens is 2. The second kappa shape index (κ2) is 7.45. The van der Waals surface area contributed by atoms with Gasteiger partial charge in [0.2, 0.25) is 0 Å². The van der Waals surface area contributed by atoms with Gasteiger partial charge >= 0.3 is 11.9 Å². The zero-order valence-corrected chi connectivity index (χ0v) is 14.4. The van der Waals surface area contributed by atoms with Gasteiger partial charge in [0.25, 0.3) is 0 Å². The second-order valence-corrected chi connectivity index (χ2v) is 6.60. The molecule has 25 heavy (non-hydrogen) atoms. The van der Waals surface area contributed by atoms with Gasteiger partial charge in [-0.2, -0.15) is 10.2 Å². The number of aliphatic hydroxyl groups is 2. The van der Waals surface area contributed by atoms with Crippen molar-refractivity contribution < 1.29 is 30.0 Å². The maximum absolute atomic E-state index is 10.4. The normalized spacial score (nSPS) is 11.6. The van der Waals surface area contributed by atoms with E-state index in [0.29, 0.717) is 17.8 Å². The first-order valence-corrected chi connectivity index (χ1v) is 7.31. The van der Waals surface area contributed by atoms with Crippen molar-refractivity contribution in [2.24, 2.45) is 0 Å². The topological polar surface area (TPSA) is 172 Å². The Morgan fingerprint density at radius 3 is 1.76 bits per heavy atom. The Kier molecular flexibility index (Phi) is 6.05. The molecule has 10 nitrogen and oxygen atoms in total. The summed E-state index contributed by atoms with van der Waals surface area (Å²) in [6.07, 6.45) is 0.354. The monoisotopic (exact) mass is 354 g/mol. The summed E-state index contributed by atoms with van der Waals surface area (Å²) in [5, 5.41) is 48.0. The Hall–Kier alpha value is -2.72. The minimum atomic E-state index is -1.11. The van der Waals surface area contributed by atoms with Crippen LogP contribution in [0.3, 0.4) is 0 Å². The van der Waals surface area contributed by atoms with Crippen molar-refractivity contribution in [1.82, 2.24) is 20.4 Å². The molecular weight excluding hydrogens is 332 g/mol. The van der Waals surface area contributed by atoms with E-state index < -0.39 is 23.1 Å². The van der Waals surface area contributed by atoms with Crippen molar-refractivity contribution in [2.75, 3.05) is 0 Å². The molecule has 2 heterocycles. The van der Waals surface area contributed by atoms with Gasteiger partial charge in [0.05, 0.1) is 11.3 Å². The maximum atomic E-state index is 10.4. The van der Waals surface area contributed by atoms with E-state index in [1.54, 1.807) is 27.7 Å². The molecule has 6 N–H and O–H groups in total. The third kappa shape index (κ3) is 6.73. The van der Waals surface area contributed by atoms with Crippen LogP contribution in [0.2, 0.25) is 0 Å². The van der Waals surface area contributed by atoms with E-state index in [0.717, 1.165) is 0 Å². The number of aromatic carboxylic acids is 2. The SMILES string of the molecule is CC(C)(O)Cc1cc(C(=O)O)n[nH]1.CC(C)(O)c1cc(C(=O)O)n[nH]1. The van der Waals surface area contributed by atoms with E-state index in [9.17, 15) is 19.8 Å². The molecule has 0 bridgehead atoms. The quantitative estimate of drug-likeness (QED) is 0.456. The molecule has 0 unspecified atom stereocenters. The molecule has 0 aliphatic rings. The summed E-state index contributed by atoms with van der Waals surface area (Å²) < 4.78 is 0. The summed E-state index contributed by atoms with van der Waals surface area (Å²) in [7, 11) is 0. The van der Waals surface area contributed by atoms with Crippen LogP contribution in [0.5, 0.6) is 0 Å². The van der Waals surface area contributed by atoms with Gasteiger partial charge in [0.1, 0.15) is 5.60 Å². The van der Waals surface area contributed by atoms with Crippen molar-refractivity contribution in [3.63, 3.8) is 0 Å². The van der Waals surface area contributed by atoms with E-state index in [2.05, 4.69) is 20.4 Å². The molecule has 0 atom stereocenters. The molecule has 10 heteroatoms. The number of carboxylic acids is 2. The van der Waals surface area contributed by atoms with E-state index in [1.807, 2.05) is 0 Å². The molecule has 0 aliphatic carbocycles. The van der Waals surface area contributed by atoms with E-state index in [1.165, 1.54) is 12.1 Å². The molecule has 2 aromatic rings. The third-order valence-electron chi connectivity index (χ3n) is 2.93. The molecule has 0 aromatic carbocycles. The Labute approximate surface area is 143 Å². The zero-order valence-electron chi connectivity index (χ0n) is 14.4. The Bertz CT molecular complexity index is 736. The number of hydrogen-bond acceptors (Lipinski definition) is 6. The number of nitrogens with zero attached hydrogens (tertiary/aromatic N) is 2. The lowest BCUT2D eigenvalue weighted by Gasteiger charge is -2.14. The van der Waals surface area contributed by atoms with Crippen LogP contribution in [-0.4, -0.2) is 58.4 Å². The number of aromatic nitrogens is 4. The van der Waals surface area contributed by atoms with Crippen molar-refractivity contribution in [2.45, 2.75) is 45.3 Å². The highest BCUT2D eigenvalue weighted by molar-refractivity contribution is 5.85. The highest BCUT2D eigenvalue weighted by Crippen LogP contribution is 2.17. The number of carbonyl (C=O) groups is 2. The molecular formula is C15H22N4O6. The summed E-state index contributed by atoms with van der Waals surface area (Å²) in [6.45, 7) is 6.39. The predicted molar refractivity (Wildman–Crippen MR) is 86.3 cm³/mol. The van der Waals surface area contributed by atoms with Gasteiger partial charge in [-0.15, -0.1) is 0 Å². The average molecular weight is 354 g/mol. The van der Waals surface area contributed by atoms with Crippen LogP contribution in [0.1, 0.15) is 60.1 Å². The fraction of sp³-hybridized carbons (Fsp3) is 0.467. The van der Waals surface area contributed by atoms with E-state index in [4.69, 9.17) is 10.2 Å². The maximum Gasteiger partial charge on any atom is 0.356 e.